The molecule has 1 fully saturated rings. The van der Waals surface area contributed by atoms with Crippen molar-refractivity contribution in [1.82, 2.24) is 0 Å². The van der Waals surface area contributed by atoms with Gasteiger partial charge in [-0.15, -0.1) is 0 Å². The summed E-state index contributed by atoms with van der Waals surface area (Å²) in [6, 6.07) is 3.71. The van der Waals surface area contributed by atoms with E-state index in [4.69, 9.17) is 14.2 Å². The predicted octanol–water partition coefficient (Wildman–Crippen LogP) is 2.20. The average Bonchev–Trinajstić information content (AvgIpc) is 3.17. The number of ether oxygens (including phenoxy) is 3. The van der Waals surface area contributed by atoms with Gasteiger partial charge in [-0.3, -0.25) is 0 Å². The van der Waals surface area contributed by atoms with Crippen molar-refractivity contribution in [2.75, 3.05) is 21.3 Å². The maximum absolute atomic E-state index is 9.65. The topological polar surface area (TPSA) is 47.9 Å². The van der Waals surface area contributed by atoms with E-state index in [1.165, 1.54) is 0 Å². The number of hydrogen-bond acceptors (Lipinski definition) is 4. The van der Waals surface area contributed by atoms with Gasteiger partial charge in [0.25, 0.3) is 0 Å². The molecular formula is C14H20O4. The molecule has 1 saturated carbocycles. The fraction of sp³-hybridized carbons (Fsp3) is 0.571. The van der Waals surface area contributed by atoms with Crippen molar-refractivity contribution in [2.45, 2.75) is 25.4 Å². The van der Waals surface area contributed by atoms with Gasteiger partial charge in [-0.05, 0) is 25.2 Å². The Kier molecular flexibility index (Phi) is 3.66. The Bertz CT molecular complexity index is 403. The van der Waals surface area contributed by atoms with Crippen LogP contribution in [0.3, 0.4) is 0 Å². The number of methoxy groups -OCH3 is 3. The Morgan fingerprint density at radius 3 is 2.00 bits per heavy atom. The third-order valence-corrected chi connectivity index (χ3v) is 3.58. The van der Waals surface area contributed by atoms with E-state index < -0.39 is 0 Å². The van der Waals surface area contributed by atoms with Gasteiger partial charge in [0.2, 0.25) is 0 Å². The number of hydrogen-bond donors (Lipinski definition) is 1. The summed E-state index contributed by atoms with van der Waals surface area (Å²) in [7, 11) is 4.89. The average molecular weight is 252 g/mol. The molecule has 4 heteroatoms. The molecule has 0 aliphatic heterocycles. The molecule has 1 aromatic carbocycles. The second-order valence-electron chi connectivity index (χ2n) is 4.69. The van der Waals surface area contributed by atoms with Gasteiger partial charge in [-0.2, -0.15) is 0 Å². The Morgan fingerprint density at radius 1 is 1.11 bits per heavy atom. The van der Waals surface area contributed by atoms with Gasteiger partial charge in [-0.1, -0.05) is 0 Å². The zero-order chi connectivity index (χ0) is 13.3. The third-order valence-electron chi connectivity index (χ3n) is 3.58. The summed E-state index contributed by atoms with van der Waals surface area (Å²) >= 11 is 0. The van der Waals surface area contributed by atoms with Crippen molar-refractivity contribution in [3.8, 4) is 17.2 Å². The van der Waals surface area contributed by atoms with Gasteiger partial charge in [0, 0.05) is 17.7 Å². The van der Waals surface area contributed by atoms with E-state index in [2.05, 4.69) is 0 Å². The first-order valence-corrected chi connectivity index (χ1v) is 6.10. The first-order valence-electron chi connectivity index (χ1n) is 6.10. The molecule has 1 aliphatic carbocycles. The minimum atomic E-state index is -0.300. The lowest BCUT2D eigenvalue weighted by molar-refractivity contribution is 0.168. The largest absolute Gasteiger partial charge is 0.496 e. The third kappa shape index (κ3) is 2.25. The molecule has 0 heterocycles. The standard InChI is InChI=1S/C14H20O4/c1-8(15)10-7-11(10)14-12(17-3)5-9(16-2)6-13(14)18-4/h5-6,8,10-11,15H,7H2,1-4H3/t8-,10+,11+/m1/s1. The number of rotatable bonds is 5. The minimum Gasteiger partial charge on any atom is -0.496 e. The lowest BCUT2D eigenvalue weighted by atomic mass is 10.0. The molecule has 0 radical (unpaired) electrons. The van der Waals surface area contributed by atoms with E-state index in [9.17, 15) is 5.11 Å². The molecule has 0 amide bonds. The highest BCUT2D eigenvalue weighted by atomic mass is 16.5. The molecular weight excluding hydrogens is 232 g/mol. The van der Waals surface area contributed by atoms with Gasteiger partial charge in [-0.25, -0.2) is 0 Å². The molecule has 0 aromatic heterocycles. The van der Waals surface area contributed by atoms with Crippen LogP contribution >= 0.6 is 0 Å². The van der Waals surface area contributed by atoms with Crippen LogP contribution < -0.4 is 14.2 Å². The maximum Gasteiger partial charge on any atom is 0.129 e. The lowest BCUT2D eigenvalue weighted by Gasteiger charge is -2.15. The van der Waals surface area contributed by atoms with Gasteiger partial charge < -0.3 is 19.3 Å². The maximum atomic E-state index is 9.65. The Morgan fingerprint density at radius 2 is 1.67 bits per heavy atom. The predicted molar refractivity (Wildman–Crippen MR) is 68.6 cm³/mol. The second kappa shape index (κ2) is 5.06. The van der Waals surface area contributed by atoms with E-state index in [0.29, 0.717) is 17.6 Å². The quantitative estimate of drug-likeness (QED) is 0.872. The molecule has 100 valence electrons. The van der Waals surface area contributed by atoms with Crippen LogP contribution in [0.4, 0.5) is 0 Å². The lowest BCUT2D eigenvalue weighted by Crippen LogP contribution is -2.05. The number of aliphatic hydroxyl groups is 1. The smallest absolute Gasteiger partial charge is 0.129 e. The summed E-state index contributed by atoms with van der Waals surface area (Å²) in [6.07, 6.45) is 0.669. The monoisotopic (exact) mass is 252 g/mol. The van der Waals surface area contributed by atoms with E-state index in [0.717, 1.165) is 23.5 Å². The molecule has 18 heavy (non-hydrogen) atoms. The van der Waals surface area contributed by atoms with Crippen LogP contribution in [0.5, 0.6) is 17.2 Å². The highest BCUT2D eigenvalue weighted by Gasteiger charge is 2.44. The van der Waals surface area contributed by atoms with Crippen molar-refractivity contribution in [3.05, 3.63) is 17.7 Å². The summed E-state index contributed by atoms with van der Waals surface area (Å²) < 4.78 is 16.1. The van der Waals surface area contributed by atoms with E-state index in [-0.39, 0.29) is 6.10 Å². The molecule has 1 aromatic rings. The van der Waals surface area contributed by atoms with Gasteiger partial charge >= 0.3 is 0 Å². The van der Waals surface area contributed by atoms with Crippen LogP contribution in [0.25, 0.3) is 0 Å². The zero-order valence-electron chi connectivity index (χ0n) is 11.3. The molecule has 1 aliphatic rings. The molecule has 2 rings (SSSR count). The highest BCUT2D eigenvalue weighted by Crippen LogP contribution is 2.55. The molecule has 3 atom stereocenters. The normalized spacial score (nSPS) is 23.4. The summed E-state index contributed by atoms with van der Waals surface area (Å²) in [5.41, 5.74) is 1.03. The van der Waals surface area contributed by atoms with Crippen LogP contribution in [0.2, 0.25) is 0 Å². The SMILES string of the molecule is COc1cc(OC)c([C@H]2C[C@H]2[C@@H](C)O)c(OC)c1. The zero-order valence-corrected chi connectivity index (χ0v) is 11.3. The fourth-order valence-corrected chi connectivity index (χ4v) is 2.48. The summed E-state index contributed by atoms with van der Waals surface area (Å²) in [5, 5.41) is 9.65. The Balaban J connectivity index is 2.39. The first kappa shape index (κ1) is 13.0. The first-order chi connectivity index (χ1) is 8.62. The fourth-order valence-electron chi connectivity index (χ4n) is 2.48. The van der Waals surface area contributed by atoms with Crippen molar-refractivity contribution in [2.24, 2.45) is 5.92 Å². The number of benzene rings is 1. The van der Waals surface area contributed by atoms with Gasteiger partial charge in [0.15, 0.2) is 0 Å². The van der Waals surface area contributed by atoms with Crippen LogP contribution in [-0.4, -0.2) is 32.5 Å². The number of aliphatic hydroxyl groups excluding tert-OH is 1. The molecule has 0 bridgehead atoms. The van der Waals surface area contributed by atoms with Crippen molar-refractivity contribution < 1.29 is 19.3 Å². The summed E-state index contributed by atoms with van der Waals surface area (Å²) in [4.78, 5) is 0. The Labute approximate surface area is 107 Å². The summed E-state index contributed by atoms with van der Waals surface area (Å²) in [6.45, 7) is 1.83. The van der Waals surface area contributed by atoms with Crippen molar-refractivity contribution in [1.29, 1.82) is 0 Å². The summed E-state index contributed by atoms with van der Waals surface area (Å²) in [5.74, 6) is 2.84. The van der Waals surface area contributed by atoms with Crippen LogP contribution in [0.1, 0.15) is 24.8 Å². The van der Waals surface area contributed by atoms with Crippen LogP contribution in [0, 0.1) is 5.92 Å². The van der Waals surface area contributed by atoms with Crippen LogP contribution in [0.15, 0.2) is 12.1 Å². The second-order valence-corrected chi connectivity index (χ2v) is 4.69. The van der Waals surface area contributed by atoms with Gasteiger partial charge in [0.1, 0.15) is 17.2 Å². The molecule has 1 N–H and O–H groups in total. The molecule has 4 nitrogen and oxygen atoms in total. The molecule has 0 spiro atoms. The molecule has 0 unspecified atom stereocenters. The van der Waals surface area contributed by atoms with E-state index in [1.54, 1.807) is 21.3 Å². The minimum absolute atomic E-state index is 0.293. The van der Waals surface area contributed by atoms with E-state index in [1.807, 2.05) is 19.1 Å². The van der Waals surface area contributed by atoms with Crippen molar-refractivity contribution in [3.63, 3.8) is 0 Å². The Hall–Kier alpha value is -1.42. The van der Waals surface area contributed by atoms with Crippen LogP contribution in [-0.2, 0) is 0 Å². The molecule has 0 saturated heterocycles. The van der Waals surface area contributed by atoms with Gasteiger partial charge in [0.05, 0.1) is 27.4 Å². The van der Waals surface area contributed by atoms with Crippen molar-refractivity contribution >= 4 is 0 Å². The highest BCUT2D eigenvalue weighted by molar-refractivity contribution is 5.54. The van der Waals surface area contributed by atoms with E-state index >= 15 is 0 Å².